The molecule has 2 unspecified atom stereocenters. The third-order valence-electron chi connectivity index (χ3n) is 4.35. The Bertz CT molecular complexity index is 672. The molecule has 0 bridgehead atoms. The van der Waals surface area contributed by atoms with Crippen molar-refractivity contribution in [3.63, 3.8) is 0 Å². The van der Waals surface area contributed by atoms with Gasteiger partial charge in [0.25, 0.3) is 5.91 Å². The van der Waals surface area contributed by atoms with E-state index in [2.05, 4.69) is 19.2 Å². The van der Waals surface area contributed by atoms with Crippen LogP contribution in [-0.2, 0) is 0 Å². The van der Waals surface area contributed by atoms with Gasteiger partial charge in [0.2, 0.25) is 0 Å². The molecule has 1 heterocycles. The van der Waals surface area contributed by atoms with Gasteiger partial charge < -0.3 is 15.0 Å². The monoisotopic (exact) mass is 310 g/mol. The highest BCUT2D eigenvalue weighted by atomic mass is 16.5. The van der Waals surface area contributed by atoms with Crippen LogP contribution in [0.4, 0.5) is 0 Å². The zero-order valence-corrected chi connectivity index (χ0v) is 13.5. The van der Waals surface area contributed by atoms with Crippen LogP contribution in [-0.4, -0.2) is 36.0 Å². The number of rotatable bonds is 3. The minimum atomic E-state index is 0.0596. The number of ether oxygens (including phenoxy) is 1. The lowest BCUT2D eigenvalue weighted by molar-refractivity contribution is 0.0602. The fourth-order valence-corrected chi connectivity index (χ4v) is 2.83. The number of amides is 1. The number of nitrogens with one attached hydrogen (secondary N) is 1. The van der Waals surface area contributed by atoms with Crippen molar-refractivity contribution < 1.29 is 9.53 Å². The first-order valence-corrected chi connectivity index (χ1v) is 8.02. The number of nitrogens with zero attached hydrogens (tertiary/aromatic N) is 1. The van der Waals surface area contributed by atoms with Crippen molar-refractivity contribution in [1.29, 1.82) is 0 Å². The predicted octanol–water partition coefficient (Wildman–Crippen LogP) is 3.30. The van der Waals surface area contributed by atoms with Crippen LogP contribution < -0.4 is 10.1 Å². The normalized spacial score (nSPS) is 21.0. The second-order valence-corrected chi connectivity index (χ2v) is 5.92. The first kappa shape index (κ1) is 15.6. The first-order valence-electron chi connectivity index (χ1n) is 8.02. The predicted molar refractivity (Wildman–Crippen MR) is 90.9 cm³/mol. The van der Waals surface area contributed by atoms with E-state index in [-0.39, 0.29) is 11.9 Å². The molecule has 120 valence electrons. The second kappa shape index (κ2) is 6.84. The van der Waals surface area contributed by atoms with Gasteiger partial charge >= 0.3 is 0 Å². The highest BCUT2D eigenvalue weighted by Gasteiger charge is 2.28. The molecule has 1 amide bonds. The first-order chi connectivity index (χ1) is 11.1. The summed E-state index contributed by atoms with van der Waals surface area (Å²) in [5.41, 5.74) is 0.666. The maximum Gasteiger partial charge on any atom is 0.254 e. The van der Waals surface area contributed by atoms with Crippen molar-refractivity contribution in [3.8, 4) is 11.5 Å². The Kier molecular flexibility index (Phi) is 4.63. The SMILES string of the molecule is CC1NCCN(C(=O)c2cccc(Oc3ccccc3)c2)C1C. The van der Waals surface area contributed by atoms with E-state index in [1.165, 1.54) is 0 Å². The highest BCUT2D eigenvalue weighted by Crippen LogP contribution is 2.23. The average Bonchev–Trinajstić information content (AvgIpc) is 2.58. The summed E-state index contributed by atoms with van der Waals surface area (Å²) < 4.78 is 5.82. The molecule has 0 aliphatic carbocycles. The summed E-state index contributed by atoms with van der Waals surface area (Å²) in [4.78, 5) is 14.7. The molecule has 3 rings (SSSR count). The Morgan fingerprint density at radius 3 is 2.61 bits per heavy atom. The number of para-hydroxylation sites is 1. The molecule has 1 aliphatic heterocycles. The van der Waals surface area contributed by atoms with Gasteiger partial charge in [0.05, 0.1) is 0 Å². The second-order valence-electron chi connectivity index (χ2n) is 5.92. The van der Waals surface area contributed by atoms with Crippen molar-refractivity contribution in [2.75, 3.05) is 13.1 Å². The average molecular weight is 310 g/mol. The Morgan fingerprint density at radius 2 is 1.83 bits per heavy atom. The molecule has 2 atom stereocenters. The maximum absolute atomic E-state index is 12.8. The molecule has 0 radical (unpaired) electrons. The number of carbonyl (C=O) groups excluding carboxylic acids is 1. The molecule has 1 fully saturated rings. The molecular formula is C19H22N2O2. The summed E-state index contributed by atoms with van der Waals surface area (Å²) in [7, 11) is 0. The van der Waals surface area contributed by atoms with Gasteiger partial charge in [0, 0.05) is 30.7 Å². The Labute approximate surface area is 137 Å². The van der Waals surface area contributed by atoms with E-state index in [1.54, 1.807) is 0 Å². The van der Waals surface area contributed by atoms with Crippen LogP contribution in [0.5, 0.6) is 11.5 Å². The Balaban J connectivity index is 1.78. The zero-order valence-electron chi connectivity index (χ0n) is 13.5. The smallest absolute Gasteiger partial charge is 0.254 e. The van der Waals surface area contributed by atoms with Crippen LogP contribution in [0.1, 0.15) is 24.2 Å². The number of hydrogen-bond acceptors (Lipinski definition) is 3. The molecule has 4 heteroatoms. The third-order valence-corrected chi connectivity index (χ3v) is 4.35. The molecule has 1 aliphatic rings. The van der Waals surface area contributed by atoms with E-state index in [0.717, 1.165) is 18.8 Å². The standard InChI is InChI=1S/C19H22N2O2/c1-14-15(2)21(12-11-20-14)19(22)16-7-6-10-18(13-16)23-17-8-4-3-5-9-17/h3-10,13-15,20H,11-12H2,1-2H3. The molecule has 1 N–H and O–H groups in total. The summed E-state index contributed by atoms with van der Waals surface area (Å²) in [6, 6.07) is 17.5. The molecule has 0 aromatic heterocycles. The maximum atomic E-state index is 12.8. The molecule has 23 heavy (non-hydrogen) atoms. The Morgan fingerprint density at radius 1 is 1.09 bits per heavy atom. The van der Waals surface area contributed by atoms with E-state index in [1.807, 2.05) is 59.5 Å². The van der Waals surface area contributed by atoms with Gasteiger partial charge in [-0.1, -0.05) is 24.3 Å². The third kappa shape index (κ3) is 3.54. The van der Waals surface area contributed by atoms with E-state index in [0.29, 0.717) is 17.4 Å². The fraction of sp³-hybridized carbons (Fsp3) is 0.316. The molecule has 2 aromatic rings. The van der Waals surface area contributed by atoms with Gasteiger partial charge in [-0.15, -0.1) is 0 Å². The van der Waals surface area contributed by atoms with Crippen molar-refractivity contribution >= 4 is 5.91 Å². The Hall–Kier alpha value is -2.33. The summed E-state index contributed by atoms with van der Waals surface area (Å²) in [6.07, 6.45) is 0. The number of hydrogen-bond donors (Lipinski definition) is 1. The summed E-state index contributed by atoms with van der Waals surface area (Å²) in [5.74, 6) is 1.50. The molecule has 0 spiro atoms. The van der Waals surface area contributed by atoms with Gasteiger partial charge in [0.15, 0.2) is 0 Å². The zero-order chi connectivity index (χ0) is 16.2. The summed E-state index contributed by atoms with van der Waals surface area (Å²) >= 11 is 0. The molecular weight excluding hydrogens is 288 g/mol. The van der Waals surface area contributed by atoms with Crippen LogP contribution in [0, 0.1) is 0 Å². The largest absolute Gasteiger partial charge is 0.457 e. The number of carbonyl (C=O) groups is 1. The lowest BCUT2D eigenvalue weighted by Gasteiger charge is -2.38. The molecule has 2 aromatic carbocycles. The molecule has 0 saturated carbocycles. The number of piperazine rings is 1. The van der Waals surface area contributed by atoms with Gasteiger partial charge in [-0.25, -0.2) is 0 Å². The van der Waals surface area contributed by atoms with Crippen LogP contribution in [0.15, 0.2) is 54.6 Å². The highest BCUT2D eigenvalue weighted by molar-refractivity contribution is 5.95. The summed E-state index contributed by atoms with van der Waals surface area (Å²) in [5, 5.41) is 3.39. The van der Waals surface area contributed by atoms with Crippen molar-refractivity contribution in [1.82, 2.24) is 10.2 Å². The number of benzene rings is 2. The van der Waals surface area contributed by atoms with Crippen LogP contribution >= 0.6 is 0 Å². The minimum absolute atomic E-state index is 0.0596. The van der Waals surface area contributed by atoms with Gasteiger partial charge in [-0.2, -0.15) is 0 Å². The van der Waals surface area contributed by atoms with Crippen LogP contribution in [0.2, 0.25) is 0 Å². The lowest BCUT2D eigenvalue weighted by atomic mass is 10.1. The van der Waals surface area contributed by atoms with Gasteiger partial charge in [-0.3, -0.25) is 4.79 Å². The van der Waals surface area contributed by atoms with E-state index in [4.69, 9.17) is 4.74 Å². The lowest BCUT2D eigenvalue weighted by Crippen LogP contribution is -2.57. The quantitative estimate of drug-likeness (QED) is 0.946. The molecule has 4 nitrogen and oxygen atoms in total. The van der Waals surface area contributed by atoms with E-state index in [9.17, 15) is 4.79 Å². The minimum Gasteiger partial charge on any atom is -0.457 e. The van der Waals surface area contributed by atoms with Crippen molar-refractivity contribution in [3.05, 3.63) is 60.2 Å². The fourth-order valence-electron chi connectivity index (χ4n) is 2.83. The van der Waals surface area contributed by atoms with Gasteiger partial charge in [0.1, 0.15) is 11.5 Å². The topological polar surface area (TPSA) is 41.6 Å². The molecule has 1 saturated heterocycles. The van der Waals surface area contributed by atoms with E-state index >= 15 is 0 Å². The van der Waals surface area contributed by atoms with Crippen LogP contribution in [0.25, 0.3) is 0 Å². The van der Waals surface area contributed by atoms with E-state index < -0.39 is 0 Å². The van der Waals surface area contributed by atoms with Crippen LogP contribution in [0.3, 0.4) is 0 Å². The summed E-state index contributed by atoms with van der Waals surface area (Å²) in [6.45, 7) is 5.75. The van der Waals surface area contributed by atoms with Crippen molar-refractivity contribution in [2.24, 2.45) is 0 Å². The van der Waals surface area contributed by atoms with Gasteiger partial charge in [-0.05, 0) is 44.2 Å². The van der Waals surface area contributed by atoms with Crippen molar-refractivity contribution in [2.45, 2.75) is 25.9 Å².